The van der Waals surface area contributed by atoms with Crippen LogP contribution in [0.3, 0.4) is 0 Å². The normalized spacial score (nSPS) is 14.6. The third-order valence-electron chi connectivity index (χ3n) is 7.29. The van der Waals surface area contributed by atoms with Gasteiger partial charge in [-0.1, -0.05) is 29.8 Å². The van der Waals surface area contributed by atoms with Crippen molar-refractivity contribution in [2.75, 3.05) is 6.61 Å². The van der Waals surface area contributed by atoms with E-state index in [4.69, 9.17) is 26.1 Å². The third-order valence-corrected chi connectivity index (χ3v) is 7.52. The number of ether oxygens (including phenoxy) is 2. The molecule has 214 valence electrons. The van der Waals surface area contributed by atoms with E-state index in [1.807, 2.05) is 4.57 Å². The van der Waals surface area contributed by atoms with Gasteiger partial charge in [0.1, 0.15) is 35.6 Å². The molecule has 0 bridgehead atoms. The number of fused-ring (bicyclic) bond motifs is 1. The number of carboxylic acids is 1. The average Bonchev–Trinajstić information content (AvgIpc) is 3.27. The summed E-state index contributed by atoms with van der Waals surface area (Å²) in [4.78, 5) is 16.2. The standard InChI is InChI=1S/C32H24ClF3N2O4/c33-21-4-2-20(27(35)14-21)17-42-22-5-7-26(34)25(15-22)24-6-1-18(11-28(24)36)12-31-37-29-8-3-19(32(39)40)13-30(29)38(31)16-23-9-10-41-23/h1-8,11,13-15,23H,9-10,12,16-17H2,(H,39,40)/t23-/m0/s1. The summed E-state index contributed by atoms with van der Waals surface area (Å²) < 4.78 is 57.5. The highest BCUT2D eigenvalue weighted by molar-refractivity contribution is 6.30. The second-order valence-electron chi connectivity index (χ2n) is 10.1. The van der Waals surface area contributed by atoms with Gasteiger partial charge in [-0.3, -0.25) is 0 Å². The van der Waals surface area contributed by atoms with E-state index in [1.165, 1.54) is 48.5 Å². The minimum absolute atomic E-state index is 0.00342. The van der Waals surface area contributed by atoms with Gasteiger partial charge >= 0.3 is 5.97 Å². The Morgan fingerprint density at radius 3 is 2.52 bits per heavy atom. The minimum Gasteiger partial charge on any atom is -0.489 e. The van der Waals surface area contributed by atoms with E-state index >= 15 is 4.39 Å². The molecule has 6 rings (SSSR count). The molecular weight excluding hydrogens is 569 g/mol. The summed E-state index contributed by atoms with van der Waals surface area (Å²) in [5.41, 5.74) is 2.36. The molecule has 0 spiro atoms. The molecule has 42 heavy (non-hydrogen) atoms. The van der Waals surface area contributed by atoms with E-state index in [0.29, 0.717) is 35.6 Å². The predicted octanol–water partition coefficient (Wildman–Crippen LogP) is 7.43. The molecule has 0 amide bonds. The Morgan fingerprint density at radius 2 is 1.81 bits per heavy atom. The number of carboxylic acid groups (broad SMARTS) is 1. The van der Waals surface area contributed by atoms with Gasteiger partial charge < -0.3 is 19.1 Å². The van der Waals surface area contributed by atoms with Gasteiger partial charge in [0.25, 0.3) is 0 Å². The van der Waals surface area contributed by atoms with E-state index in [9.17, 15) is 18.7 Å². The van der Waals surface area contributed by atoms with Gasteiger partial charge in [-0.05, 0) is 66.6 Å². The number of hydrogen-bond acceptors (Lipinski definition) is 4. The number of hydrogen-bond donors (Lipinski definition) is 1. The fourth-order valence-electron chi connectivity index (χ4n) is 4.95. The zero-order chi connectivity index (χ0) is 29.4. The molecule has 0 aliphatic carbocycles. The van der Waals surface area contributed by atoms with Crippen molar-refractivity contribution in [3.8, 4) is 16.9 Å². The number of aromatic nitrogens is 2. The van der Waals surface area contributed by atoms with E-state index < -0.39 is 23.4 Å². The molecule has 0 saturated carbocycles. The summed E-state index contributed by atoms with van der Waals surface area (Å²) in [6, 6.07) is 17.4. The molecule has 5 aromatic rings. The highest BCUT2D eigenvalue weighted by Crippen LogP contribution is 2.31. The van der Waals surface area contributed by atoms with E-state index in [1.54, 1.807) is 24.3 Å². The molecule has 1 aromatic heterocycles. The van der Waals surface area contributed by atoms with Crippen LogP contribution >= 0.6 is 11.6 Å². The summed E-state index contributed by atoms with van der Waals surface area (Å²) in [6.07, 6.45) is 1.13. The Hall–Kier alpha value is -4.34. The smallest absolute Gasteiger partial charge is 0.335 e. The van der Waals surface area contributed by atoms with Crippen molar-refractivity contribution in [1.82, 2.24) is 9.55 Å². The van der Waals surface area contributed by atoms with E-state index in [-0.39, 0.29) is 52.2 Å². The topological polar surface area (TPSA) is 73.6 Å². The number of aromatic carboxylic acids is 1. The van der Waals surface area contributed by atoms with Crippen LogP contribution in [0.4, 0.5) is 13.2 Å². The third kappa shape index (κ3) is 5.70. The molecule has 1 N–H and O–H groups in total. The highest BCUT2D eigenvalue weighted by atomic mass is 35.5. The first-order valence-electron chi connectivity index (χ1n) is 13.2. The van der Waals surface area contributed by atoms with Crippen molar-refractivity contribution in [2.24, 2.45) is 0 Å². The number of halogens is 4. The maximum Gasteiger partial charge on any atom is 0.335 e. The lowest BCUT2D eigenvalue weighted by molar-refractivity contribution is -0.0589. The molecule has 1 aliphatic rings. The number of carbonyl (C=O) groups is 1. The molecule has 1 aliphatic heterocycles. The summed E-state index contributed by atoms with van der Waals surface area (Å²) in [6.45, 7) is 1.05. The maximum absolute atomic E-state index is 15.4. The molecule has 1 saturated heterocycles. The first-order chi connectivity index (χ1) is 20.2. The molecule has 4 aromatic carbocycles. The zero-order valence-corrected chi connectivity index (χ0v) is 22.9. The van der Waals surface area contributed by atoms with Crippen LogP contribution in [0.15, 0.2) is 72.8 Å². The molecule has 0 radical (unpaired) electrons. The van der Waals surface area contributed by atoms with Gasteiger partial charge in [0, 0.05) is 34.7 Å². The summed E-state index contributed by atoms with van der Waals surface area (Å²) in [7, 11) is 0. The van der Waals surface area contributed by atoms with Crippen LogP contribution in [0.1, 0.15) is 33.7 Å². The zero-order valence-electron chi connectivity index (χ0n) is 22.1. The quantitative estimate of drug-likeness (QED) is 0.193. The molecule has 2 heterocycles. The van der Waals surface area contributed by atoms with Crippen molar-refractivity contribution in [3.63, 3.8) is 0 Å². The molecule has 10 heteroatoms. The molecular formula is C32H24ClF3N2O4. The van der Waals surface area contributed by atoms with Gasteiger partial charge in [0.2, 0.25) is 0 Å². The number of nitrogens with zero attached hydrogens (tertiary/aromatic N) is 2. The van der Waals surface area contributed by atoms with Crippen LogP contribution in [0, 0.1) is 17.5 Å². The number of rotatable bonds is 9. The highest BCUT2D eigenvalue weighted by Gasteiger charge is 2.23. The molecule has 6 nitrogen and oxygen atoms in total. The lowest BCUT2D eigenvalue weighted by Crippen LogP contribution is -2.31. The lowest BCUT2D eigenvalue weighted by Gasteiger charge is -2.27. The number of imidazole rings is 1. The van der Waals surface area contributed by atoms with Crippen LogP contribution in [0.2, 0.25) is 5.02 Å². The van der Waals surface area contributed by atoms with Crippen LogP contribution < -0.4 is 4.74 Å². The maximum atomic E-state index is 15.4. The summed E-state index contributed by atoms with van der Waals surface area (Å²) in [5.74, 6) is -1.96. The van der Waals surface area contributed by atoms with Gasteiger partial charge in [-0.25, -0.2) is 22.9 Å². The van der Waals surface area contributed by atoms with Gasteiger partial charge in [-0.15, -0.1) is 0 Å². The monoisotopic (exact) mass is 592 g/mol. The first-order valence-corrected chi connectivity index (χ1v) is 13.6. The van der Waals surface area contributed by atoms with Gasteiger partial charge in [0.15, 0.2) is 0 Å². The SMILES string of the molecule is O=C(O)c1ccc2nc(Cc3ccc(-c4cc(OCc5ccc(Cl)cc5F)ccc4F)c(F)c3)n(C[C@@H]3CCO3)c2c1. The lowest BCUT2D eigenvalue weighted by atomic mass is 10.0. The van der Waals surface area contributed by atoms with Crippen LogP contribution in [0.25, 0.3) is 22.2 Å². The second kappa shape index (κ2) is 11.5. The van der Waals surface area contributed by atoms with Crippen molar-refractivity contribution in [2.45, 2.75) is 32.1 Å². The van der Waals surface area contributed by atoms with E-state index in [2.05, 4.69) is 0 Å². The van der Waals surface area contributed by atoms with Crippen molar-refractivity contribution in [1.29, 1.82) is 0 Å². The molecule has 1 fully saturated rings. The Kier molecular flexibility index (Phi) is 7.62. The average molecular weight is 593 g/mol. The van der Waals surface area contributed by atoms with Gasteiger partial charge in [0.05, 0.1) is 29.2 Å². The first kappa shape index (κ1) is 27.8. The second-order valence-corrected chi connectivity index (χ2v) is 10.5. The Bertz CT molecular complexity index is 1820. The molecule has 0 unspecified atom stereocenters. The number of benzene rings is 4. The Balaban J connectivity index is 1.26. The van der Waals surface area contributed by atoms with Crippen LogP contribution in [-0.4, -0.2) is 33.3 Å². The fourth-order valence-corrected chi connectivity index (χ4v) is 5.11. The fraction of sp³-hybridized carbons (Fsp3) is 0.188. The van der Waals surface area contributed by atoms with E-state index in [0.717, 1.165) is 6.42 Å². The van der Waals surface area contributed by atoms with Crippen LogP contribution in [-0.2, 0) is 24.3 Å². The van der Waals surface area contributed by atoms with Crippen molar-refractivity contribution >= 4 is 28.6 Å². The van der Waals surface area contributed by atoms with Crippen molar-refractivity contribution < 1.29 is 32.5 Å². The Labute approximate surface area is 243 Å². The Morgan fingerprint density at radius 1 is 0.976 bits per heavy atom. The van der Waals surface area contributed by atoms with Crippen molar-refractivity contribution in [3.05, 3.63) is 118 Å². The summed E-state index contributed by atoms with van der Waals surface area (Å²) >= 11 is 5.79. The summed E-state index contributed by atoms with van der Waals surface area (Å²) in [5, 5.41) is 9.72. The predicted molar refractivity (Wildman–Crippen MR) is 151 cm³/mol. The van der Waals surface area contributed by atoms with Gasteiger partial charge in [-0.2, -0.15) is 0 Å². The largest absolute Gasteiger partial charge is 0.489 e. The van der Waals surface area contributed by atoms with Crippen LogP contribution in [0.5, 0.6) is 5.75 Å². The minimum atomic E-state index is -1.04. The molecule has 1 atom stereocenters.